The molecule has 0 unspecified atom stereocenters. The van der Waals surface area contributed by atoms with Crippen molar-refractivity contribution >= 4 is 51.7 Å². The topological polar surface area (TPSA) is 59.5 Å². The summed E-state index contributed by atoms with van der Waals surface area (Å²) in [6, 6.07) is 14.0. The highest BCUT2D eigenvalue weighted by Crippen LogP contribution is 2.34. The second-order valence-electron chi connectivity index (χ2n) is 6.25. The van der Waals surface area contributed by atoms with Crippen LogP contribution in [-0.4, -0.2) is 23.4 Å². The molecule has 0 saturated carbocycles. The highest BCUT2D eigenvalue weighted by molar-refractivity contribution is 6.35. The van der Waals surface area contributed by atoms with Gasteiger partial charge in [-0.25, -0.2) is 0 Å². The molecule has 27 heavy (non-hydrogen) atoms. The number of nitrogens with zero attached hydrogens (tertiary/aromatic N) is 2. The van der Waals surface area contributed by atoms with Crippen LogP contribution in [0.15, 0.2) is 54.7 Å². The predicted octanol–water partition coefficient (Wildman–Crippen LogP) is 4.50. The first-order valence-corrected chi connectivity index (χ1v) is 9.09. The molecule has 2 heterocycles. The summed E-state index contributed by atoms with van der Waals surface area (Å²) in [6.45, 7) is 0.190. The highest BCUT2D eigenvalue weighted by Gasteiger charge is 2.37. The molecule has 1 aliphatic heterocycles. The summed E-state index contributed by atoms with van der Waals surface area (Å²) in [4.78, 5) is 30.8. The van der Waals surface area contributed by atoms with Crippen molar-refractivity contribution in [1.29, 1.82) is 0 Å². The maximum atomic E-state index is 12.6. The third-order valence-electron chi connectivity index (χ3n) is 4.46. The van der Waals surface area contributed by atoms with Crippen LogP contribution in [0, 0.1) is 5.92 Å². The van der Waals surface area contributed by atoms with Crippen molar-refractivity contribution in [2.24, 2.45) is 5.92 Å². The van der Waals surface area contributed by atoms with Crippen molar-refractivity contribution in [2.45, 2.75) is 6.42 Å². The van der Waals surface area contributed by atoms with Gasteiger partial charge in [0.05, 0.1) is 16.6 Å². The summed E-state index contributed by atoms with van der Waals surface area (Å²) in [7, 11) is 0. The van der Waals surface area contributed by atoms with Gasteiger partial charge in [0.25, 0.3) is 0 Å². The van der Waals surface area contributed by atoms with Crippen LogP contribution in [0.4, 0.5) is 5.69 Å². The smallest absolute Gasteiger partial charge is 0.316 e. The Hall–Kier alpha value is -2.63. The second-order valence-corrected chi connectivity index (χ2v) is 7.10. The van der Waals surface area contributed by atoms with Crippen molar-refractivity contribution in [3.8, 4) is 5.75 Å². The number of pyridine rings is 1. The van der Waals surface area contributed by atoms with E-state index in [4.69, 9.17) is 27.9 Å². The van der Waals surface area contributed by atoms with Crippen LogP contribution in [0.25, 0.3) is 10.9 Å². The molecule has 7 heteroatoms. The molecule has 1 atom stereocenters. The van der Waals surface area contributed by atoms with Crippen LogP contribution in [0.5, 0.6) is 5.75 Å². The van der Waals surface area contributed by atoms with Crippen molar-refractivity contribution in [3.05, 3.63) is 64.8 Å². The lowest BCUT2D eigenvalue weighted by Crippen LogP contribution is -2.27. The Morgan fingerprint density at radius 3 is 2.81 bits per heavy atom. The zero-order valence-corrected chi connectivity index (χ0v) is 15.6. The Morgan fingerprint density at radius 2 is 1.96 bits per heavy atom. The summed E-state index contributed by atoms with van der Waals surface area (Å²) >= 11 is 12.2. The summed E-state index contributed by atoms with van der Waals surface area (Å²) in [6.07, 6.45) is 1.70. The fraction of sp³-hybridized carbons (Fsp3) is 0.150. The summed E-state index contributed by atoms with van der Waals surface area (Å²) in [5, 5.41) is 1.74. The van der Waals surface area contributed by atoms with E-state index in [1.54, 1.807) is 36.5 Å². The molecule has 0 N–H and O–H groups in total. The van der Waals surface area contributed by atoms with Gasteiger partial charge in [0.1, 0.15) is 5.52 Å². The maximum absolute atomic E-state index is 12.6. The summed E-state index contributed by atoms with van der Waals surface area (Å²) in [5.41, 5.74) is 1.10. The van der Waals surface area contributed by atoms with Gasteiger partial charge in [-0.15, -0.1) is 0 Å². The summed E-state index contributed by atoms with van der Waals surface area (Å²) < 4.78 is 5.56. The average Bonchev–Trinajstić information content (AvgIpc) is 3.06. The lowest BCUT2D eigenvalue weighted by Gasteiger charge is -2.18. The second kappa shape index (κ2) is 7.18. The molecule has 1 fully saturated rings. The Bertz CT molecular complexity index is 1050. The molecule has 0 radical (unpaired) electrons. The van der Waals surface area contributed by atoms with Gasteiger partial charge in [0.2, 0.25) is 5.91 Å². The van der Waals surface area contributed by atoms with E-state index in [0.717, 1.165) is 5.39 Å². The van der Waals surface area contributed by atoms with E-state index in [0.29, 0.717) is 27.0 Å². The largest absolute Gasteiger partial charge is 0.424 e. The molecular weight excluding hydrogens is 387 g/mol. The monoisotopic (exact) mass is 400 g/mol. The van der Waals surface area contributed by atoms with E-state index in [9.17, 15) is 9.59 Å². The summed E-state index contributed by atoms with van der Waals surface area (Å²) in [5.74, 6) is -0.879. The lowest BCUT2D eigenvalue weighted by molar-refractivity contribution is -0.139. The van der Waals surface area contributed by atoms with Gasteiger partial charge in [-0.05, 0) is 30.3 Å². The van der Waals surface area contributed by atoms with Gasteiger partial charge < -0.3 is 9.64 Å². The number of fused-ring (bicyclic) bond motifs is 1. The Morgan fingerprint density at radius 1 is 1.15 bits per heavy atom. The van der Waals surface area contributed by atoms with Gasteiger partial charge in [-0.3, -0.25) is 14.6 Å². The maximum Gasteiger partial charge on any atom is 0.316 e. The number of carbonyl (C=O) groups is 2. The van der Waals surface area contributed by atoms with E-state index in [1.165, 1.54) is 4.90 Å². The Labute approximate surface area is 165 Å². The van der Waals surface area contributed by atoms with E-state index in [1.807, 2.05) is 18.2 Å². The normalized spacial score (nSPS) is 16.7. The van der Waals surface area contributed by atoms with Crippen LogP contribution in [0.3, 0.4) is 0 Å². The number of benzene rings is 2. The van der Waals surface area contributed by atoms with Gasteiger partial charge in [-0.2, -0.15) is 0 Å². The molecule has 136 valence electrons. The van der Waals surface area contributed by atoms with Crippen molar-refractivity contribution in [1.82, 2.24) is 4.98 Å². The Balaban J connectivity index is 1.55. The minimum Gasteiger partial charge on any atom is -0.424 e. The number of anilines is 1. The first-order chi connectivity index (χ1) is 13.0. The Kier molecular flexibility index (Phi) is 4.72. The molecule has 0 aliphatic carbocycles. The van der Waals surface area contributed by atoms with Crippen LogP contribution < -0.4 is 9.64 Å². The number of hydrogen-bond donors (Lipinski definition) is 0. The van der Waals surface area contributed by atoms with Gasteiger partial charge in [0, 0.05) is 29.6 Å². The molecular formula is C20H14Cl2N2O3. The number of carbonyl (C=O) groups excluding carboxylic acids is 2. The first-order valence-electron chi connectivity index (χ1n) is 8.34. The third kappa shape index (κ3) is 3.48. The molecule has 0 bridgehead atoms. The van der Waals surface area contributed by atoms with E-state index < -0.39 is 11.9 Å². The van der Waals surface area contributed by atoms with E-state index in [-0.39, 0.29) is 18.9 Å². The number of ether oxygens (including phenoxy) is 1. The fourth-order valence-electron chi connectivity index (χ4n) is 3.14. The van der Waals surface area contributed by atoms with Crippen LogP contribution in [0.2, 0.25) is 10.0 Å². The van der Waals surface area contributed by atoms with Gasteiger partial charge in [0.15, 0.2) is 5.75 Å². The molecule has 3 aromatic rings. The van der Waals surface area contributed by atoms with E-state index in [2.05, 4.69) is 4.98 Å². The molecule has 1 aromatic heterocycles. The number of amides is 1. The lowest BCUT2D eigenvalue weighted by atomic mass is 10.1. The molecule has 1 amide bonds. The van der Waals surface area contributed by atoms with Crippen molar-refractivity contribution in [2.75, 3.05) is 11.4 Å². The molecule has 4 rings (SSSR count). The zero-order valence-electron chi connectivity index (χ0n) is 14.1. The number of para-hydroxylation sites is 1. The number of esters is 1. The number of halogens is 2. The minimum absolute atomic E-state index is 0.0554. The molecule has 5 nitrogen and oxygen atoms in total. The third-order valence-corrected chi connectivity index (χ3v) is 5.02. The number of hydrogen-bond acceptors (Lipinski definition) is 4. The fourth-order valence-corrected chi connectivity index (χ4v) is 3.53. The van der Waals surface area contributed by atoms with Crippen LogP contribution in [0.1, 0.15) is 6.42 Å². The average molecular weight is 401 g/mol. The SMILES string of the molecule is O=C(Oc1cccc2cccnc12)[C@@H]1CC(=O)N(c2cc(Cl)ccc2Cl)C1. The zero-order chi connectivity index (χ0) is 19.0. The number of aromatic nitrogens is 1. The molecule has 1 saturated heterocycles. The molecule has 0 spiro atoms. The van der Waals surface area contributed by atoms with Gasteiger partial charge >= 0.3 is 5.97 Å². The minimum atomic E-state index is -0.591. The molecule has 2 aromatic carbocycles. The van der Waals surface area contributed by atoms with Crippen molar-refractivity contribution in [3.63, 3.8) is 0 Å². The highest BCUT2D eigenvalue weighted by atomic mass is 35.5. The van der Waals surface area contributed by atoms with Crippen molar-refractivity contribution < 1.29 is 14.3 Å². The predicted molar refractivity (Wildman–Crippen MR) is 104 cm³/mol. The standard InChI is InChI=1S/C20H14Cl2N2O3/c21-14-6-7-15(22)16(10-14)24-11-13(9-18(24)25)20(26)27-17-5-1-3-12-4-2-8-23-19(12)17/h1-8,10,13H,9,11H2/t13-/m1/s1. The van der Waals surface area contributed by atoms with Crippen LogP contribution in [-0.2, 0) is 9.59 Å². The molecule has 1 aliphatic rings. The van der Waals surface area contributed by atoms with Gasteiger partial charge in [-0.1, -0.05) is 41.4 Å². The number of rotatable bonds is 3. The van der Waals surface area contributed by atoms with Crippen LogP contribution >= 0.6 is 23.2 Å². The van der Waals surface area contributed by atoms with E-state index >= 15 is 0 Å². The first kappa shape index (κ1) is 17.8. The quantitative estimate of drug-likeness (QED) is 0.479.